The fourth-order valence-electron chi connectivity index (χ4n) is 1.76. The van der Waals surface area contributed by atoms with E-state index in [1.165, 1.54) is 0 Å². The molecule has 1 aliphatic heterocycles. The van der Waals surface area contributed by atoms with E-state index in [0.717, 1.165) is 5.69 Å². The lowest BCUT2D eigenvalue weighted by Gasteiger charge is -2.27. The normalized spacial score (nSPS) is 21.5. The maximum Gasteiger partial charge on any atom is 0.329 e. The van der Waals surface area contributed by atoms with Crippen molar-refractivity contribution < 1.29 is 9.53 Å². The zero-order chi connectivity index (χ0) is 9.42. The van der Waals surface area contributed by atoms with E-state index in [4.69, 9.17) is 4.74 Å². The molecular formula is C10H13NO2. The van der Waals surface area contributed by atoms with Gasteiger partial charge in [-0.2, -0.15) is 0 Å². The number of nitrogens with zero attached hydrogens (tertiary/aromatic N) is 1. The molecule has 1 aromatic rings. The molecule has 0 saturated heterocycles. The van der Waals surface area contributed by atoms with Gasteiger partial charge in [-0.25, -0.2) is 4.79 Å². The predicted molar refractivity (Wildman–Crippen MR) is 48.1 cm³/mol. The molecule has 2 heterocycles. The highest BCUT2D eigenvalue weighted by Gasteiger charge is 2.30. The lowest BCUT2D eigenvalue weighted by Crippen LogP contribution is -2.31. The summed E-state index contributed by atoms with van der Waals surface area (Å²) >= 11 is 0. The summed E-state index contributed by atoms with van der Waals surface area (Å²) in [7, 11) is 0. The topological polar surface area (TPSA) is 31.2 Å². The van der Waals surface area contributed by atoms with Crippen LogP contribution in [0, 0.1) is 5.92 Å². The van der Waals surface area contributed by atoms with Gasteiger partial charge in [0, 0.05) is 6.20 Å². The molecule has 0 bridgehead atoms. The van der Waals surface area contributed by atoms with E-state index in [9.17, 15) is 4.79 Å². The third kappa shape index (κ3) is 1.24. The molecule has 0 spiro atoms. The van der Waals surface area contributed by atoms with Gasteiger partial charge >= 0.3 is 5.97 Å². The van der Waals surface area contributed by atoms with Crippen LogP contribution in [0.1, 0.15) is 25.6 Å². The van der Waals surface area contributed by atoms with Gasteiger partial charge in [0.1, 0.15) is 12.6 Å². The molecule has 3 heteroatoms. The average Bonchev–Trinajstić information content (AvgIpc) is 2.50. The van der Waals surface area contributed by atoms with Crippen LogP contribution in [0.3, 0.4) is 0 Å². The highest BCUT2D eigenvalue weighted by molar-refractivity contribution is 5.75. The Balaban J connectivity index is 2.42. The molecule has 0 aromatic carbocycles. The summed E-state index contributed by atoms with van der Waals surface area (Å²) in [5, 5.41) is 0. The summed E-state index contributed by atoms with van der Waals surface area (Å²) in [4.78, 5) is 11.5. The largest absolute Gasteiger partial charge is 0.458 e. The molecule has 3 nitrogen and oxygen atoms in total. The zero-order valence-corrected chi connectivity index (χ0v) is 7.86. The smallest absolute Gasteiger partial charge is 0.329 e. The molecule has 70 valence electrons. The van der Waals surface area contributed by atoms with Crippen LogP contribution < -0.4 is 0 Å². The minimum absolute atomic E-state index is 0.112. The van der Waals surface area contributed by atoms with Crippen molar-refractivity contribution in [2.75, 3.05) is 0 Å². The lowest BCUT2D eigenvalue weighted by molar-refractivity contribution is -0.153. The number of fused-ring (bicyclic) bond motifs is 1. The second-order valence-electron chi connectivity index (χ2n) is 3.70. The second kappa shape index (κ2) is 2.91. The lowest BCUT2D eigenvalue weighted by atomic mass is 10.0. The first-order valence-corrected chi connectivity index (χ1v) is 4.52. The van der Waals surface area contributed by atoms with Crippen molar-refractivity contribution in [3.05, 3.63) is 24.0 Å². The minimum Gasteiger partial charge on any atom is -0.458 e. The summed E-state index contributed by atoms with van der Waals surface area (Å²) in [6.45, 7) is 4.47. The Bertz CT molecular complexity index is 327. The molecule has 0 fully saturated rings. The van der Waals surface area contributed by atoms with Crippen LogP contribution in [0.2, 0.25) is 0 Å². The van der Waals surface area contributed by atoms with Gasteiger partial charge in [0.15, 0.2) is 0 Å². The number of carbonyl (C=O) groups is 1. The quantitative estimate of drug-likeness (QED) is 0.615. The molecule has 0 unspecified atom stereocenters. The molecule has 0 aliphatic carbocycles. The van der Waals surface area contributed by atoms with Crippen molar-refractivity contribution in [2.45, 2.75) is 26.5 Å². The van der Waals surface area contributed by atoms with Crippen molar-refractivity contribution in [3.63, 3.8) is 0 Å². The van der Waals surface area contributed by atoms with Gasteiger partial charge in [-0.05, 0) is 18.1 Å². The van der Waals surface area contributed by atoms with Crippen LogP contribution in [0.15, 0.2) is 18.3 Å². The van der Waals surface area contributed by atoms with Crippen molar-refractivity contribution in [2.24, 2.45) is 5.92 Å². The maximum atomic E-state index is 11.5. The third-order valence-corrected chi connectivity index (χ3v) is 2.40. The minimum atomic E-state index is -0.140. The number of hydrogen-bond donors (Lipinski definition) is 0. The van der Waals surface area contributed by atoms with E-state index in [2.05, 4.69) is 0 Å². The first-order chi connectivity index (χ1) is 6.20. The summed E-state index contributed by atoms with van der Waals surface area (Å²) < 4.78 is 7.09. The van der Waals surface area contributed by atoms with Gasteiger partial charge < -0.3 is 9.30 Å². The fraction of sp³-hybridized carbons (Fsp3) is 0.500. The molecule has 1 aliphatic rings. The number of cyclic esters (lactones) is 1. The molecule has 0 radical (unpaired) electrons. The Morgan fingerprint density at radius 3 is 3.08 bits per heavy atom. The first-order valence-electron chi connectivity index (χ1n) is 4.52. The zero-order valence-electron chi connectivity index (χ0n) is 7.86. The number of carbonyl (C=O) groups excluding carboxylic acids is 1. The highest BCUT2D eigenvalue weighted by atomic mass is 16.5. The molecule has 13 heavy (non-hydrogen) atoms. The van der Waals surface area contributed by atoms with Crippen LogP contribution in [0.25, 0.3) is 0 Å². The standard InChI is InChI=1S/C10H13NO2/c1-7(2)9-10(12)13-6-8-4-3-5-11(8)9/h3-5,7,9H,6H2,1-2H3/t9-/m1/s1. The Morgan fingerprint density at radius 2 is 2.38 bits per heavy atom. The third-order valence-electron chi connectivity index (χ3n) is 2.40. The number of hydrogen-bond acceptors (Lipinski definition) is 2. The van der Waals surface area contributed by atoms with Crippen LogP contribution in [0.4, 0.5) is 0 Å². The fourth-order valence-corrected chi connectivity index (χ4v) is 1.76. The summed E-state index contributed by atoms with van der Waals surface area (Å²) in [5.74, 6) is 0.164. The van der Waals surface area contributed by atoms with Gasteiger partial charge in [0.25, 0.3) is 0 Å². The van der Waals surface area contributed by atoms with Crippen LogP contribution in [-0.4, -0.2) is 10.5 Å². The second-order valence-corrected chi connectivity index (χ2v) is 3.70. The average molecular weight is 179 g/mol. The Hall–Kier alpha value is -1.25. The number of rotatable bonds is 1. The van der Waals surface area contributed by atoms with E-state index >= 15 is 0 Å². The van der Waals surface area contributed by atoms with Crippen LogP contribution in [0.5, 0.6) is 0 Å². The van der Waals surface area contributed by atoms with Crippen molar-refractivity contribution in [3.8, 4) is 0 Å². The predicted octanol–water partition coefficient (Wildman–Crippen LogP) is 1.74. The highest BCUT2D eigenvalue weighted by Crippen LogP contribution is 2.26. The van der Waals surface area contributed by atoms with Crippen molar-refractivity contribution in [1.29, 1.82) is 0 Å². The Morgan fingerprint density at radius 1 is 1.62 bits per heavy atom. The van der Waals surface area contributed by atoms with Gasteiger partial charge in [-0.15, -0.1) is 0 Å². The molecule has 0 saturated carbocycles. The number of aromatic nitrogens is 1. The van der Waals surface area contributed by atoms with E-state index < -0.39 is 0 Å². The van der Waals surface area contributed by atoms with Crippen molar-refractivity contribution >= 4 is 5.97 Å². The summed E-state index contributed by atoms with van der Waals surface area (Å²) in [5.41, 5.74) is 1.08. The van der Waals surface area contributed by atoms with E-state index in [1.54, 1.807) is 0 Å². The molecular weight excluding hydrogens is 166 g/mol. The van der Waals surface area contributed by atoms with Gasteiger partial charge in [-0.1, -0.05) is 13.8 Å². The summed E-state index contributed by atoms with van der Waals surface area (Å²) in [6, 6.07) is 3.80. The molecule has 1 atom stereocenters. The first kappa shape index (κ1) is 8.35. The molecule has 0 N–H and O–H groups in total. The summed E-state index contributed by atoms with van der Waals surface area (Å²) in [6.07, 6.45) is 1.94. The SMILES string of the molecule is CC(C)[C@@H]1C(=O)OCc2cccn21. The van der Waals surface area contributed by atoms with E-state index in [1.807, 2.05) is 36.7 Å². The van der Waals surface area contributed by atoms with Crippen LogP contribution >= 0.6 is 0 Å². The Labute approximate surface area is 77.3 Å². The monoisotopic (exact) mass is 179 g/mol. The number of ether oxygens (including phenoxy) is 1. The molecule has 1 aromatic heterocycles. The van der Waals surface area contributed by atoms with Gasteiger partial charge in [-0.3, -0.25) is 0 Å². The van der Waals surface area contributed by atoms with E-state index in [-0.39, 0.29) is 17.9 Å². The molecule has 0 amide bonds. The van der Waals surface area contributed by atoms with Gasteiger partial charge in [0.2, 0.25) is 0 Å². The Kier molecular flexibility index (Phi) is 1.87. The van der Waals surface area contributed by atoms with Crippen LogP contribution in [-0.2, 0) is 16.1 Å². The maximum absolute atomic E-state index is 11.5. The number of esters is 1. The van der Waals surface area contributed by atoms with Gasteiger partial charge in [0.05, 0.1) is 5.69 Å². The van der Waals surface area contributed by atoms with Crippen molar-refractivity contribution in [1.82, 2.24) is 4.57 Å². The van der Waals surface area contributed by atoms with E-state index in [0.29, 0.717) is 6.61 Å². The molecule has 2 rings (SSSR count).